The van der Waals surface area contributed by atoms with Gasteiger partial charge in [-0.05, 0) is 32.4 Å². The second-order valence-corrected chi connectivity index (χ2v) is 6.46. The van der Waals surface area contributed by atoms with Crippen molar-refractivity contribution in [1.82, 2.24) is 19.7 Å². The molecule has 2 heterocycles. The number of amides is 1. The molecule has 0 spiro atoms. The van der Waals surface area contributed by atoms with E-state index in [2.05, 4.69) is 20.4 Å². The van der Waals surface area contributed by atoms with E-state index >= 15 is 0 Å². The van der Waals surface area contributed by atoms with Crippen LogP contribution in [0.1, 0.15) is 31.7 Å². The molecule has 0 saturated heterocycles. The van der Waals surface area contributed by atoms with E-state index in [-0.39, 0.29) is 17.4 Å². The van der Waals surface area contributed by atoms with Crippen LogP contribution in [0.4, 0.5) is 5.82 Å². The second kappa shape index (κ2) is 8.51. The van der Waals surface area contributed by atoms with E-state index < -0.39 is 6.10 Å². The average molecular weight is 381 g/mol. The van der Waals surface area contributed by atoms with Crippen molar-refractivity contribution in [3.05, 3.63) is 64.2 Å². The first-order valence-electron chi connectivity index (χ1n) is 9.16. The normalized spacial score (nSPS) is 11.8. The Labute approximate surface area is 162 Å². The summed E-state index contributed by atoms with van der Waals surface area (Å²) in [5, 5.41) is 7.14. The zero-order chi connectivity index (χ0) is 20.1. The van der Waals surface area contributed by atoms with Gasteiger partial charge in [0.15, 0.2) is 6.10 Å². The SMILES string of the molecule is CCCc1cc(=O)[nH]c(-n2nc(C)cc2NC(=O)C(C)Oc2ccccc2)n1. The minimum atomic E-state index is -0.718. The highest BCUT2D eigenvalue weighted by Gasteiger charge is 2.19. The number of carbonyl (C=O) groups excluding carboxylic acids is 1. The maximum Gasteiger partial charge on any atom is 0.266 e. The summed E-state index contributed by atoms with van der Waals surface area (Å²) >= 11 is 0. The molecule has 1 atom stereocenters. The molecule has 2 N–H and O–H groups in total. The molecule has 2 aromatic heterocycles. The fraction of sp³-hybridized carbons (Fsp3) is 0.300. The lowest BCUT2D eigenvalue weighted by molar-refractivity contribution is -0.122. The average Bonchev–Trinajstić information content (AvgIpc) is 3.02. The van der Waals surface area contributed by atoms with E-state index in [1.807, 2.05) is 25.1 Å². The van der Waals surface area contributed by atoms with E-state index in [1.54, 1.807) is 32.0 Å². The Morgan fingerprint density at radius 1 is 1.29 bits per heavy atom. The highest BCUT2D eigenvalue weighted by atomic mass is 16.5. The van der Waals surface area contributed by atoms with Crippen LogP contribution in [-0.4, -0.2) is 31.8 Å². The minimum Gasteiger partial charge on any atom is -0.481 e. The Hall–Kier alpha value is -3.42. The molecule has 3 rings (SSSR count). The topological polar surface area (TPSA) is 102 Å². The van der Waals surface area contributed by atoms with Crippen LogP contribution < -0.4 is 15.6 Å². The first-order valence-corrected chi connectivity index (χ1v) is 9.16. The number of aromatic amines is 1. The summed E-state index contributed by atoms with van der Waals surface area (Å²) in [4.78, 5) is 31.7. The Bertz CT molecular complexity index is 1010. The smallest absolute Gasteiger partial charge is 0.266 e. The number of aromatic nitrogens is 4. The molecule has 28 heavy (non-hydrogen) atoms. The van der Waals surface area contributed by atoms with Gasteiger partial charge in [0.2, 0.25) is 5.95 Å². The molecule has 0 saturated carbocycles. The third-order valence-electron chi connectivity index (χ3n) is 4.00. The van der Waals surface area contributed by atoms with Crippen LogP contribution in [0.25, 0.3) is 5.95 Å². The molecule has 0 fully saturated rings. The standard InChI is InChI=1S/C20H23N5O3/c1-4-8-15-12-18(26)23-20(21-15)25-17(11-13(2)24-25)22-19(27)14(3)28-16-9-6-5-7-10-16/h5-7,9-12,14H,4,8H2,1-3H3,(H,22,27)(H,21,23,26). The van der Waals surface area contributed by atoms with Crippen LogP contribution >= 0.6 is 0 Å². The third kappa shape index (κ3) is 4.64. The van der Waals surface area contributed by atoms with Crippen molar-refractivity contribution in [1.29, 1.82) is 0 Å². The highest BCUT2D eigenvalue weighted by Crippen LogP contribution is 2.16. The fourth-order valence-electron chi connectivity index (χ4n) is 2.71. The lowest BCUT2D eigenvalue weighted by atomic mass is 10.2. The van der Waals surface area contributed by atoms with E-state index in [0.29, 0.717) is 29.4 Å². The van der Waals surface area contributed by atoms with Crippen LogP contribution in [-0.2, 0) is 11.2 Å². The molecule has 0 bridgehead atoms. The number of H-pyrrole nitrogens is 1. The summed E-state index contributed by atoms with van der Waals surface area (Å²) in [7, 11) is 0. The molecule has 0 aliphatic rings. The van der Waals surface area contributed by atoms with Gasteiger partial charge < -0.3 is 10.1 Å². The number of para-hydroxylation sites is 1. The van der Waals surface area contributed by atoms with Crippen molar-refractivity contribution >= 4 is 11.7 Å². The fourth-order valence-corrected chi connectivity index (χ4v) is 2.71. The number of nitrogens with zero attached hydrogens (tertiary/aromatic N) is 3. The van der Waals surface area contributed by atoms with E-state index in [1.165, 1.54) is 10.7 Å². The molecule has 1 aromatic carbocycles. The quantitative estimate of drug-likeness (QED) is 0.655. The molecular formula is C20H23N5O3. The van der Waals surface area contributed by atoms with Crippen molar-refractivity contribution in [2.45, 2.75) is 39.7 Å². The first-order chi connectivity index (χ1) is 13.5. The molecule has 0 aliphatic carbocycles. The second-order valence-electron chi connectivity index (χ2n) is 6.46. The number of anilines is 1. The van der Waals surface area contributed by atoms with Gasteiger partial charge in [0.05, 0.1) is 5.69 Å². The summed E-state index contributed by atoms with van der Waals surface area (Å²) in [6, 6.07) is 12.3. The number of hydrogen-bond donors (Lipinski definition) is 2. The zero-order valence-electron chi connectivity index (χ0n) is 16.1. The molecule has 0 radical (unpaired) electrons. The summed E-state index contributed by atoms with van der Waals surface area (Å²) in [6.07, 6.45) is 0.830. The molecule has 8 heteroatoms. The van der Waals surface area contributed by atoms with Crippen molar-refractivity contribution in [2.24, 2.45) is 0 Å². The number of hydrogen-bond acceptors (Lipinski definition) is 5. The van der Waals surface area contributed by atoms with Crippen molar-refractivity contribution in [3.8, 4) is 11.7 Å². The van der Waals surface area contributed by atoms with Gasteiger partial charge in [-0.2, -0.15) is 9.78 Å². The number of aryl methyl sites for hydroxylation is 2. The molecule has 1 unspecified atom stereocenters. The zero-order valence-corrected chi connectivity index (χ0v) is 16.1. The van der Waals surface area contributed by atoms with E-state index in [0.717, 1.165) is 6.42 Å². The maximum absolute atomic E-state index is 12.6. The Balaban J connectivity index is 1.82. The van der Waals surface area contributed by atoms with Gasteiger partial charge in [0.25, 0.3) is 11.5 Å². The summed E-state index contributed by atoms with van der Waals surface area (Å²) < 4.78 is 7.08. The van der Waals surface area contributed by atoms with Gasteiger partial charge in [-0.1, -0.05) is 31.5 Å². The van der Waals surface area contributed by atoms with Crippen LogP contribution in [0.3, 0.4) is 0 Å². The first kappa shape index (κ1) is 19.3. The van der Waals surface area contributed by atoms with Gasteiger partial charge in [-0.25, -0.2) is 4.98 Å². The lowest BCUT2D eigenvalue weighted by Gasteiger charge is -2.15. The van der Waals surface area contributed by atoms with E-state index in [4.69, 9.17) is 4.74 Å². The van der Waals surface area contributed by atoms with Gasteiger partial charge in [-0.3, -0.25) is 14.6 Å². The van der Waals surface area contributed by atoms with Gasteiger partial charge >= 0.3 is 0 Å². The largest absolute Gasteiger partial charge is 0.481 e. The Kier molecular flexibility index (Phi) is 5.88. The summed E-state index contributed by atoms with van der Waals surface area (Å²) in [5.41, 5.74) is 1.09. The number of ether oxygens (including phenoxy) is 1. The highest BCUT2D eigenvalue weighted by molar-refractivity contribution is 5.93. The molecule has 0 aliphatic heterocycles. The van der Waals surface area contributed by atoms with Crippen LogP contribution in [0.5, 0.6) is 5.75 Å². The number of rotatable bonds is 7. The molecular weight excluding hydrogens is 358 g/mol. The summed E-state index contributed by atoms with van der Waals surface area (Å²) in [6.45, 7) is 5.47. The van der Waals surface area contributed by atoms with Crippen LogP contribution in [0, 0.1) is 6.92 Å². The molecule has 3 aromatic rings. The number of carbonyl (C=O) groups is 1. The van der Waals surface area contributed by atoms with Crippen molar-refractivity contribution in [2.75, 3.05) is 5.32 Å². The van der Waals surface area contributed by atoms with Gasteiger partial charge in [0, 0.05) is 17.8 Å². The number of benzene rings is 1. The maximum atomic E-state index is 12.6. The Morgan fingerprint density at radius 2 is 2.04 bits per heavy atom. The van der Waals surface area contributed by atoms with Crippen LogP contribution in [0.15, 0.2) is 47.3 Å². The van der Waals surface area contributed by atoms with Gasteiger partial charge in [-0.15, -0.1) is 0 Å². The third-order valence-corrected chi connectivity index (χ3v) is 4.00. The minimum absolute atomic E-state index is 0.260. The molecule has 146 valence electrons. The Morgan fingerprint density at radius 3 is 2.75 bits per heavy atom. The monoisotopic (exact) mass is 381 g/mol. The molecule has 1 amide bonds. The van der Waals surface area contributed by atoms with Gasteiger partial charge in [0.1, 0.15) is 11.6 Å². The molecule has 8 nitrogen and oxygen atoms in total. The van der Waals surface area contributed by atoms with Crippen molar-refractivity contribution in [3.63, 3.8) is 0 Å². The van der Waals surface area contributed by atoms with Crippen LogP contribution in [0.2, 0.25) is 0 Å². The summed E-state index contributed by atoms with van der Waals surface area (Å²) in [5.74, 6) is 0.934. The van der Waals surface area contributed by atoms with Crippen molar-refractivity contribution < 1.29 is 9.53 Å². The predicted molar refractivity (Wildman–Crippen MR) is 106 cm³/mol. The van der Waals surface area contributed by atoms with E-state index in [9.17, 15) is 9.59 Å². The predicted octanol–water partition coefficient (Wildman–Crippen LogP) is 2.62. The lowest BCUT2D eigenvalue weighted by Crippen LogP contribution is -2.31. The number of nitrogens with one attached hydrogen (secondary N) is 2.